The van der Waals surface area contributed by atoms with E-state index in [1.165, 1.54) is 0 Å². The molecule has 2 aromatic carbocycles. The maximum absolute atomic E-state index is 11.9. The third-order valence-corrected chi connectivity index (χ3v) is 4.30. The molecule has 0 aromatic heterocycles. The second-order valence-electron chi connectivity index (χ2n) is 5.44. The molecule has 7 heteroatoms. The molecular formula is C18H20NO5P. The standard InChI is InChI=1S/C18H20NO5P/c19-25(22,23-17(20)13-11-15-7-3-1-4-8-15)24-18(21)14-12-16-9-5-2-6-10-16/h1-10H,11-14H2,(H2,19,22). The first-order valence-corrected chi connectivity index (χ1v) is 9.47. The fourth-order valence-electron chi connectivity index (χ4n) is 2.18. The van der Waals surface area contributed by atoms with Crippen LogP contribution in [0.15, 0.2) is 60.7 Å². The number of carbonyl (C=O) groups excluding carboxylic acids is 2. The molecule has 0 heterocycles. The van der Waals surface area contributed by atoms with Crippen LogP contribution in [-0.4, -0.2) is 11.9 Å². The summed E-state index contributed by atoms with van der Waals surface area (Å²) in [5.74, 6) is -1.55. The number of nitrogens with two attached hydrogens (primary N) is 1. The predicted molar refractivity (Wildman–Crippen MR) is 93.5 cm³/mol. The van der Waals surface area contributed by atoms with E-state index in [4.69, 9.17) is 5.50 Å². The zero-order valence-electron chi connectivity index (χ0n) is 13.7. The van der Waals surface area contributed by atoms with Gasteiger partial charge in [-0.3, -0.25) is 9.59 Å². The summed E-state index contributed by atoms with van der Waals surface area (Å²) < 4.78 is 21.2. The highest BCUT2D eigenvalue weighted by atomic mass is 31.2. The molecule has 0 unspecified atom stereocenters. The van der Waals surface area contributed by atoms with Gasteiger partial charge in [0.25, 0.3) is 0 Å². The molecule has 6 nitrogen and oxygen atoms in total. The van der Waals surface area contributed by atoms with Gasteiger partial charge in [-0.15, -0.1) is 0 Å². The van der Waals surface area contributed by atoms with Crippen molar-refractivity contribution in [3.8, 4) is 0 Å². The Labute approximate surface area is 146 Å². The molecule has 0 fully saturated rings. The van der Waals surface area contributed by atoms with Crippen molar-refractivity contribution in [2.75, 3.05) is 0 Å². The number of benzene rings is 2. The van der Waals surface area contributed by atoms with Crippen LogP contribution in [0, 0.1) is 0 Å². The van der Waals surface area contributed by atoms with Crippen molar-refractivity contribution in [1.29, 1.82) is 0 Å². The summed E-state index contributed by atoms with van der Waals surface area (Å²) in [6, 6.07) is 18.6. The van der Waals surface area contributed by atoms with Crippen LogP contribution in [0.4, 0.5) is 0 Å². The molecule has 0 bridgehead atoms. The van der Waals surface area contributed by atoms with Gasteiger partial charge in [0.1, 0.15) is 0 Å². The highest BCUT2D eigenvalue weighted by molar-refractivity contribution is 7.52. The molecule has 0 saturated carbocycles. The van der Waals surface area contributed by atoms with Crippen molar-refractivity contribution in [2.45, 2.75) is 25.7 Å². The Hall–Kier alpha value is -2.43. The normalized spacial score (nSPS) is 10.9. The first-order valence-electron chi connectivity index (χ1n) is 7.86. The third-order valence-electron chi connectivity index (χ3n) is 3.38. The molecule has 2 N–H and O–H groups in total. The van der Waals surface area contributed by atoms with Crippen molar-refractivity contribution in [1.82, 2.24) is 0 Å². The van der Waals surface area contributed by atoms with Crippen LogP contribution in [0.5, 0.6) is 0 Å². The van der Waals surface area contributed by atoms with Crippen molar-refractivity contribution >= 4 is 19.7 Å². The molecule has 2 aromatic rings. The SMILES string of the molecule is NP(=O)(OC(=O)CCc1ccccc1)OC(=O)CCc1ccccc1. The summed E-state index contributed by atoms with van der Waals surface area (Å²) in [5, 5.41) is 0. The zero-order chi connectivity index (χ0) is 18.1. The van der Waals surface area contributed by atoms with E-state index in [1.807, 2.05) is 60.7 Å². The lowest BCUT2D eigenvalue weighted by atomic mass is 10.1. The lowest BCUT2D eigenvalue weighted by Crippen LogP contribution is -2.14. The van der Waals surface area contributed by atoms with Gasteiger partial charge in [0.2, 0.25) is 0 Å². The van der Waals surface area contributed by atoms with Crippen molar-refractivity contribution in [2.24, 2.45) is 5.50 Å². The van der Waals surface area contributed by atoms with Gasteiger partial charge in [-0.1, -0.05) is 60.7 Å². The summed E-state index contributed by atoms with van der Waals surface area (Å²) in [4.78, 5) is 23.5. The second kappa shape index (κ2) is 9.16. The van der Waals surface area contributed by atoms with Crippen LogP contribution < -0.4 is 5.50 Å². The van der Waals surface area contributed by atoms with E-state index in [0.29, 0.717) is 12.8 Å². The fourth-order valence-corrected chi connectivity index (χ4v) is 2.96. The van der Waals surface area contributed by atoms with Gasteiger partial charge in [-0.2, -0.15) is 0 Å². The van der Waals surface area contributed by atoms with Gasteiger partial charge < -0.3 is 9.05 Å². The number of hydrogen-bond donors (Lipinski definition) is 1. The van der Waals surface area contributed by atoms with Crippen LogP contribution in [-0.2, 0) is 36.0 Å². The molecule has 0 aliphatic rings. The highest BCUT2D eigenvalue weighted by Gasteiger charge is 2.27. The molecule has 0 spiro atoms. The first-order chi connectivity index (χ1) is 11.9. The summed E-state index contributed by atoms with van der Waals surface area (Å²) in [6.45, 7) is 0. The lowest BCUT2D eigenvalue weighted by molar-refractivity contribution is -0.138. The molecule has 0 atom stereocenters. The predicted octanol–water partition coefficient (Wildman–Crippen LogP) is 3.41. The Bertz CT molecular complexity index is 687. The Kier molecular flexibility index (Phi) is 6.92. The molecule has 0 aliphatic heterocycles. The first kappa shape index (κ1) is 18.9. The van der Waals surface area contributed by atoms with Gasteiger partial charge in [-0.05, 0) is 24.0 Å². The average molecular weight is 361 g/mol. The average Bonchev–Trinajstić information content (AvgIpc) is 2.59. The van der Waals surface area contributed by atoms with E-state index in [-0.39, 0.29) is 12.8 Å². The van der Waals surface area contributed by atoms with Crippen molar-refractivity contribution in [3.63, 3.8) is 0 Å². The summed E-state index contributed by atoms with van der Waals surface area (Å²) >= 11 is 0. The van der Waals surface area contributed by atoms with E-state index in [1.54, 1.807) is 0 Å². The smallest absolute Gasteiger partial charge is 0.371 e. The number of rotatable bonds is 8. The maximum Gasteiger partial charge on any atom is 0.514 e. The minimum Gasteiger partial charge on any atom is -0.371 e. The highest BCUT2D eigenvalue weighted by Crippen LogP contribution is 2.40. The van der Waals surface area contributed by atoms with Gasteiger partial charge in [0.15, 0.2) is 0 Å². The van der Waals surface area contributed by atoms with E-state index in [2.05, 4.69) is 9.05 Å². The zero-order valence-corrected chi connectivity index (χ0v) is 14.6. The molecule has 0 amide bonds. The summed E-state index contributed by atoms with van der Waals surface area (Å²) in [6.07, 6.45) is 0.822. The van der Waals surface area contributed by atoms with Gasteiger partial charge in [0.05, 0.1) is 0 Å². The van der Waals surface area contributed by atoms with Crippen LogP contribution in [0.3, 0.4) is 0 Å². The van der Waals surface area contributed by atoms with Gasteiger partial charge in [0, 0.05) is 12.8 Å². The van der Waals surface area contributed by atoms with E-state index in [0.717, 1.165) is 11.1 Å². The van der Waals surface area contributed by atoms with Gasteiger partial charge >= 0.3 is 19.7 Å². The fraction of sp³-hybridized carbons (Fsp3) is 0.222. The van der Waals surface area contributed by atoms with E-state index in [9.17, 15) is 14.2 Å². The molecular weight excluding hydrogens is 341 g/mol. The Morgan fingerprint density at radius 1 is 0.760 bits per heavy atom. The van der Waals surface area contributed by atoms with Crippen LogP contribution in [0.2, 0.25) is 0 Å². The quantitative estimate of drug-likeness (QED) is 0.724. The summed E-state index contributed by atoms with van der Waals surface area (Å²) in [5.41, 5.74) is 7.20. The molecule has 0 aliphatic carbocycles. The third kappa shape index (κ3) is 7.33. The van der Waals surface area contributed by atoms with E-state index >= 15 is 0 Å². The largest absolute Gasteiger partial charge is 0.514 e. The Morgan fingerprint density at radius 3 is 1.48 bits per heavy atom. The van der Waals surface area contributed by atoms with Crippen molar-refractivity contribution in [3.05, 3.63) is 71.8 Å². The molecule has 25 heavy (non-hydrogen) atoms. The molecule has 0 radical (unpaired) electrons. The monoisotopic (exact) mass is 361 g/mol. The Morgan fingerprint density at radius 2 is 1.12 bits per heavy atom. The number of aryl methyl sites for hydroxylation is 2. The minimum absolute atomic E-state index is 0.00717. The Balaban J connectivity index is 1.75. The second-order valence-corrected chi connectivity index (χ2v) is 6.88. The van der Waals surface area contributed by atoms with Gasteiger partial charge in [-0.25, -0.2) is 10.1 Å². The molecule has 0 saturated heterocycles. The minimum atomic E-state index is -4.25. The van der Waals surface area contributed by atoms with Crippen LogP contribution >= 0.6 is 7.75 Å². The van der Waals surface area contributed by atoms with Crippen molar-refractivity contribution < 1.29 is 23.2 Å². The van der Waals surface area contributed by atoms with E-state index < -0.39 is 19.7 Å². The lowest BCUT2D eigenvalue weighted by Gasteiger charge is -2.13. The molecule has 132 valence electrons. The number of carbonyl (C=O) groups is 2. The maximum atomic E-state index is 11.9. The topological polar surface area (TPSA) is 95.7 Å². The van der Waals surface area contributed by atoms with Crippen LogP contribution in [0.1, 0.15) is 24.0 Å². The number of hydrogen-bond acceptors (Lipinski definition) is 5. The summed E-state index contributed by atoms with van der Waals surface area (Å²) in [7, 11) is -4.25. The van der Waals surface area contributed by atoms with Crippen LogP contribution in [0.25, 0.3) is 0 Å². The molecule has 2 rings (SSSR count).